The first-order chi connectivity index (χ1) is 43.8. The smallest absolute Gasteiger partial charge is 0.221 e. The molecule has 0 atom stereocenters. The summed E-state index contributed by atoms with van der Waals surface area (Å²) in [5, 5.41) is 8.20. The molecule has 12 aliphatic carbocycles. The molecule has 0 N–H and O–H groups in total. The topological polar surface area (TPSA) is 50.3 Å². The van der Waals surface area contributed by atoms with Crippen molar-refractivity contribution >= 4 is 32.3 Å². The van der Waals surface area contributed by atoms with E-state index in [0.29, 0.717) is 16.2 Å². The van der Waals surface area contributed by atoms with Crippen LogP contribution in [0.3, 0.4) is 0 Å². The maximum absolute atomic E-state index is 4.40. The van der Waals surface area contributed by atoms with Crippen LogP contribution in [-0.2, 0) is 37.4 Å². The molecule has 0 aliphatic heterocycles. The third-order valence-corrected chi connectivity index (χ3v) is 25.4. The summed E-state index contributed by atoms with van der Waals surface area (Å²) in [7, 11) is 6.48. The standard InChI is InChI=1S/C32H33N2.2C26H29N2/c1-21-5-6-25(27-4-3-10-33-20-27)16-30(21)31-29-8-7-28(15-26(29)9-11-34(31)2)32-17-22-12-23(18-32)14-24(13-22)19-32;1-17-16-27-7-5-23(17)25-24-4-3-22(12-21(24)6-8-28(25)2)26-13-18-9-19(14-26)11-20(10-18)15-26;1-17-5-7-27-16-24(17)25-23-4-3-22(12-21(23)6-8-28(25)2)26-13-18-9-19(14-26)11-20(10-18)15-26/h3-11,15-16,20,22-24H,12-14,17-19H2,1-2H3;2*3-8,12,16,18-20H,9-11,13-15H2,1-2H3/q3*+1. The summed E-state index contributed by atoms with van der Waals surface area (Å²) in [6, 6.07) is 44.4. The molecule has 4 aromatic carbocycles. The van der Waals surface area contributed by atoms with Crippen molar-refractivity contribution in [2.75, 3.05) is 0 Å². The van der Waals surface area contributed by atoms with E-state index in [4.69, 9.17) is 0 Å². The fourth-order valence-corrected chi connectivity index (χ4v) is 22.5. The second kappa shape index (κ2) is 21.9. The highest BCUT2D eigenvalue weighted by Gasteiger charge is 2.54. The molecule has 454 valence electrons. The Labute approximate surface area is 534 Å². The van der Waals surface area contributed by atoms with E-state index >= 15 is 0 Å². The van der Waals surface area contributed by atoms with Gasteiger partial charge in [0.25, 0.3) is 0 Å². The van der Waals surface area contributed by atoms with Crippen molar-refractivity contribution in [3.8, 4) is 44.9 Å². The Hall–Kier alpha value is -7.44. The molecule has 90 heavy (non-hydrogen) atoms. The average Bonchev–Trinajstić information content (AvgIpc) is 0.773. The highest BCUT2D eigenvalue weighted by Crippen LogP contribution is 2.64. The Bertz CT molecular complexity index is 4180. The Balaban J connectivity index is 0.000000105. The Morgan fingerprint density at radius 2 is 0.700 bits per heavy atom. The van der Waals surface area contributed by atoms with Gasteiger partial charge in [-0.2, -0.15) is 0 Å². The van der Waals surface area contributed by atoms with Crippen LogP contribution >= 0.6 is 0 Å². The highest BCUT2D eigenvalue weighted by molar-refractivity contribution is 5.96. The van der Waals surface area contributed by atoms with Crippen LogP contribution < -0.4 is 13.7 Å². The normalized spacial score (nSPS) is 29.6. The van der Waals surface area contributed by atoms with E-state index < -0.39 is 0 Å². The van der Waals surface area contributed by atoms with Gasteiger partial charge in [-0.3, -0.25) is 15.0 Å². The molecule has 12 fully saturated rings. The minimum Gasteiger partial charge on any atom is -0.264 e. The predicted octanol–water partition coefficient (Wildman–Crippen LogP) is 18.2. The van der Waals surface area contributed by atoms with E-state index in [0.717, 1.165) is 58.8 Å². The summed E-state index contributed by atoms with van der Waals surface area (Å²) < 4.78 is 6.80. The van der Waals surface area contributed by atoms with Crippen molar-refractivity contribution in [2.45, 2.75) is 153 Å². The van der Waals surface area contributed by atoms with Gasteiger partial charge in [-0.25, -0.2) is 13.7 Å². The molecule has 0 amide bonds. The summed E-state index contributed by atoms with van der Waals surface area (Å²) >= 11 is 0. The molecule has 6 aromatic heterocycles. The van der Waals surface area contributed by atoms with Gasteiger partial charge in [0.15, 0.2) is 18.6 Å². The van der Waals surface area contributed by atoms with Crippen LogP contribution in [0.5, 0.6) is 0 Å². The van der Waals surface area contributed by atoms with E-state index in [1.165, 1.54) is 204 Å². The molecule has 12 aliphatic rings. The Morgan fingerprint density at radius 1 is 0.322 bits per heavy atom. The summed E-state index contributed by atoms with van der Waals surface area (Å²) in [5.74, 6) is 8.87. The maximum Gasteiger partial charge on any atom is 0.221 e. The first-order valence-electron chi connectivity index (χ1n) is 34.9. The minimum absolute atomic E-state index is 0.442. The van der Waals surface area contributed by atoms with Crippen LogP contribution in [0, 0.1) is 74.0 Å². The molecule has 10 aromatic rings. The van der Waals surface area contributed by atoms with Crippen LogP contribution in [-0.4, -0.2) is 15.0 Å². The van der Waals surface area contributed by atoms with E-state index in [2.05, 4.69) is 198 Å². The van der Waals surface area contributed by atoms with Crippen molar-refractivity contribution < 1.29 is 13.7 Å². The molecule has 12 saturated carbocycles. The Kier molecular flexibility index (Phi) is 13.7. The van der Waals surface area contributed by atoms with Crippen molar-refractivity contribution in [2.24, 2.45) is 74.4 Å². The van der Waals surface area contributed by atoms with Crippen molar-refractivity contribution in [1.82, 2.24) is 15.0 Å². The molecule has 0 unspecified atom stereocenters. The van der Waals surface area contributed by atoms with Gasteiger partial charge >= 0.3 is 0 Å². The predicted molar refractivity (Wildman–Crippen MR) is 364 cm³/mol. The lowest BCUT2D eigenvalue weighted by molar-refractivity contribution is -0.659. The van der Waals surface area contributed by atoms with Crippen molar-refractivity contribution in [1.29, 1.82) is 0 Å². The zero-order valence-electron chi connectivity index (χ0n) is 54.3. The largest absolute Gasteiger partial charge is 0.264 e. The highest BCUT2D eigenvalue weighted by atomic mass is 14.9. The SMILES string of the molecule is Cc1ccc(-c2cccnc2)cc1-c1c2ccc(C34CC5CC(CC(C5)C3)C4)cc2cc[n+]1C.Cc1ccncc1-c1c2ccc(C34CC5CC(CC(C5)C3)C4)cc2cc[n+]1C.Cc1cnccc1-c1c2ccc(C34CC5CC(CC(C5)C3)C4)cc2cc[n+]1C. The number of nitrogens with zero attached hydrogens (tertiary/aromatic N) is 6. The van der Waals surface area contributed by atoms with Gasteiger partial charge in [0.05, 0.1) is 32.8 Å². The average molecular weight is 1180 g/mol. The molecular weight excluding hydrogens is 1090 g/mol. The van der Waals surface area contributed by atoms with Crippen molar-refractivity contribution in [3.63, 3.8) is 0 Å². The van der Waals surface area contributed by atoms with Crippen molar-refractivity contribution in [3.05, 3.63) is 204 Å². The third kappa shape index (κ3) is 9.76. The lowest BCUT2D eigenvalue weighted by Gasteiger charge is -2.57. The number of aromatic nitrogens is 6. The quantitative estimate of drug-likeness (QED) is 0.149. The van der Waals surface area contributed by atoms with Crippen LogP contribution in [0.1, 0.15) is 149 Å². The van der Waals surface area contributed by atoms with Gasteiger partial charge in [0.2, 0.25) is 17.1 Å². The lowest BCUT2D eigenvalue weighted by atomic mass is 9.48. The Morgan fingerprint density at radius 3 is 1.10 bits per heavy atom. The van der Waals surface area contributed by atoms with Crippen LogP contribution in [0.2, 0.25) is 0 Å². The van der Waals surface area contributed by atoms with E-state index in [9.17, 15) is 0 Å². The van der Waals surface area contributed by atoms with E-state index in [1.807, 2.05) is 43.2 Å². The first kappa shape index (κ1) is 56.5. The monoisotopic (exact) mass is 1180 g/mol. The lowest BCUT2D eigenvalue weighted by Crippen LogP contribution is -2.48. The molecule has 0 saturated heterocycles. The zero-order chi connectivity index (χ0) is 60.6. The maximum atomic E-state index is 4.40. The molecule has 6 heteroatoms. The minimum atomic E-state index is 0.442. The number of rotatable bonds is 7. The number of hydrogen-bond acceptors (Lipinski definition) is 3. The number of fused-ring (bicyclic) bond motifs is 3. The zero-order valence-corrected chi connectivity index (χ0v) is 54.3. The fraction of sp³-hybridized carbons (Fsp3) is 0.429. The second-order valence-corrected chi connectivity index (χ2v) is 31.5. The van der Waals surface area contributed by atoms with Crippen LogP contribution in [0.4, 0.5) is 0 Å². The number of pyridine rings is 6. The molecule has 12 bridgehead atoms. The van der Waals surface area contributed by atoms with E-state index in [1.54, 1.807) is 16.7 Å². The van der Waals surface area contributed by atoms with Gasteiger partial charge in [-0.1, -0.05) is 54.6 Å². The number of aryl methyl sites for hydroxylation is 6. The van der Waals surface area contributed by atoms with Crippen LogP contribution in [0.15, 0.2) is 171 Å². The molecule has 0 radical (unpaired) electrons. The molecule has 0 spiro atoms. The summed E-state index contributed by atoms with van der Waals surface area (Å²) in [5.41, 5.74) is 20.1. The van der Waals surface area contributed by atoms with E-state index in [-0.39, 0.29) is 0 Å². The van der Waals surface area contributed by atoms with Gasteiger partial charge < -0.3 is 0 Å². The third-order valence-electron chi connectivity index (χ3n) is 25.4. The summed E-state index contributed by atoms with van der Waals surface area (Å²) in [4.78, 5) is 13.0. The molecular formula is C84H91N6+3. The number of benzene rings is 4. The first-order valence-corrected chi connectivity index (χ1v) is 34.9. The fourth-order valence-electron chi connectivity index (χ4n) is 22.5. The summed E-state index contributed by atoms with van der Waals surface area (Å²) in [6.07, 6.45) is 44.6. The molecule has 22 rings (SSSR count). The second-order valence-electron chi connectivity index (χ2n) is 31.5. The summed E-state index contributed by atoms with van der Waals surface area (Å²) in [6.45, 7) is 6.57. The number of hydrogen-bond donors (Lipinski definition) is 0. The molecule has 6 nitrogen and oxygen atoms in total. The molecule has 6 heterocycles. The van der Waals surface area contributed by atoms with Gasteiger partial charge in [-0.15, -0.1) is 0 Å². The van der Waals surface area contributed by atoms with Gasteiger partial charge in [0.1, 0.15) is 21.1 Å². The van der Waals surface area contributed by atoms with Crippen LogP contribution in [0.25, 0.3) is 77.2 Å². The van der Waals surface area contributed by atoms with Gasteiger partial charge in [0, 0.05) is 60.9 Å². The van der Waals surface area contributed by atoms with Gasteiger partial charge in [-0.05, 0) is 303 Å².